The third-order valence-electron chi connectivity index (χ3n) is 2.23. The Morgan fingerprint density at radius 3 is 2.73 bits per heavy atom. The smallest absolute Gasteiger partial charge is 0.212 e. The Labute approximate surface area is 90.8 Å². The van der Waals surface area contributed by atoms with E-state index in [1.807, 2.05) is 17.0 Å². The van der Waals surface area contributed by atoms with Gasteiger partial charge in [0.1, 0.15) is 0 Å². The maximum atomic E-state index is 5.41. The molecule has 4 heteroatoms. The minimum absolute atomic E-state index is 0.670. The Morgan fingerprint density at radius 1 is 1.53 bits per heavy atom. The largest absolute Gasteiger partial charge is 0.312 e. The standard InChI is InChI=1S/C11H18N4/c1-4-15(11(13-3)14-12)10-7-5-6-9(2)8-10/h5-8H,4,12H2,1-3H3,(H,13,14). The highest BCUT2D eigenvalue weighted by molar-refractivity contribution is 5.95. The van der Waals surface area contributed by atoms with E-state index in [1.165, 1.54) is 5.56 Å². The number of hydrazine groups is 1. The number of rotatable bonds is 2. The first-order valence-electron chi connectivity index (χ1n) is 5.00. The molecule has 0 spiro atoms. The average molecular weight is 206 g/mol. The zero-order chi connectivity index (χ0) is 11.3. The first-order valence-corrected chi connectivity index (χ1v) is 5.00. The van der Waals surface area contributed by atoms with E-state index in [9.17, 15) is 0 Å². The van der Waals surface area contributed by atoms with Crippen LogP contribution in [0.2, 0.25) is 0 Å². The minimum atomic E-state index is 0.670. The van der Waals surface area contributed by atoms with E-state index in [-0.39, 0.29) is 0 Å². The van der Waals surface area contributed by atoms with Crippen LogP contribution in [0.5, 0.6) is 0 Å². The SMILES string of the molecule is CCN(C(=NC)NN)c1cccc(C)c1. The van der Waals surface area contributed by atoms with Gasteiger partial charge < -0.3 is 4.90 Å². The number of benzene rings is 1. The van der Waals surface area contributed by atoms with Crippen LogP contribution in [0.15, 0.2) is 29.3 Å². The van der Waals surface area contributed by atoms with Crippen molar-refractivity contribution < 1.29 is 0 Å². The number of nitrogens with zero attached hydrogens (tertiary/aromatic N) is 2. The van der Waals surface area contributed by atoms with Gasteiger partial charge in [0.2, 0.25) is 5.96 Å². The van der Waals surface area contributed by atoms with Crippen LogP contribution in [0.3, 0.4) is 0 Å². The summed E-state index contributed by atoms with van der Waals surface area (Å²) < 4.78 is 0. The molecule has 1 aromatic carbocycles. The van der Waals surface area contributed by atoms with Crippen LogP contribution in [-0.2, 0) is 0 Å². The Morgan fingerprint density at radius 2 is 2.27 bits per heavy atom. The lowest BCUT2D eigenvalue weighted by Crippen LogP contribution is -2.44. The summed E-state index contributed by atoms with van der Waals surface area (Å²) in [7, 11) is 1.72. The number of aryl methyl sites for hydroxylation is 1. The van der Waals surface area contributed by atoms with Crippen molar-refractivity contribution >= 4 is 11.6 Å². The predicted molar refractivity (Wildman–Crippen MR) is 64.9 cm³/mol. The minimum Gasteiger partial charge on any atom is -0.312 e. The number of hydrogen-bond donors (Lipinski definition) is 2. The third kappa shape index (κ3) is 2.70. The molecule has 3 N–H and O–H groups in total. The maximum absolute atomic E-state index is 5.41. The van der Waals surface area contributed by atoms with E-state index in [4.69, 9.17) is 5.84 Å². The Kier molecular flexibility index (Phi) is 4.12. The molecule has 0 unspecified atom stereocenters. The number of nitrogens with two attached hydrogens (primary N) is 1. The molecule has 0 amide bonds. The summed E-state index contributed by atoms with van der Waals surface area (Å²) in [6, 6.07) is 8.23. The topological polar surface area (TPSA) is 53.6 Å². The molecule has 0 aliphatic rings. The fourth-order valence-corrected chi connectivity index (χ4v) is 1.51. The fourth-order valence-electron chi connectivity index (χ4n) is 1.51. The highest BCUT2D eigenvalue weighted by Gasteiger charge is 2.09. The summed E-state index contributed by atoms with van der Waals surface area (Å²) in [6.45, 7) is 4.95. The second-order valence-corrected chi connectivity index (χ2v) is 3.27. The average Bonchev–Trinajstić information content (AvgIpc) is 2.25. The molecule has 0 aromatic heterocycles. The van der Waals surface area contributed by atoms with Gasteiger partial charge in [-0.1, -0.05) is 12.1 Å². The van der Waals surface area contributed by atoms with Crippen molar-refractivity contribution in [3.63, 3.8) is 0 Å². The molecule has 0 aliphatic carbocycles. The molecule has 0 aliphatic heterocycles. The van der Waals surface area contributed by atoms with Crippen LogP contribution < -0.4 is 16.2 Å². The number of anilines is 1. The molecule has 0 bridgehead atoms. The van der Waals surface area contributed by atoms with Crippen LogP contribution in [0.1, 0.15) is 12.5 Å². The molecule has 0 radical (unpaired) electrons. The molecule has 0 saturated carbocycles. The van der Waals surface area contributed by atoms with E-state index >= 15 is 0 Å². The normalized spacial score (nSPS) is 11.3. The molecule has 1 aromatic rings. The lowest BCUT2D eigenvalue weighted by molar-refractivity contribution is 0.928. The van der Waals surface area contributed by atoms with Crippen molar-refractivity contribution in [3.8, 4) is 0 Å². The highest BCUT2D eigenvalue weighted by Crippen LogP contribution is 2.15. The van der Waals surface area contributed by atoms with E-state index < -0.39 is 0 Å². The van der Waals surface area contributed by atoms with Crippen molar-refractivity contribution in [2.24, 2.45) is 10.8 Å². The quantitative estimate of drug-likeness (QED) is 0.331. The van der Waals surface area contributed by atoms with E-state index in [2.05, 4.69) is 36.4 Å². The molecule has 1 rings (SSSR count). The predicted octanol–water partition coefficient (Wildman–Crippen LogP) is 1.27. The van der Waals surface area contributed by atoms with Crippen molar-refractivity contribution in [2.75, 3.05) is 18.5 Å². The lowest BCUT2D eigenvalue weighted by Gasteiger charge is -2.24. The highest BCUT2D eigenvalue weighted by atomic mass is 15.4. The van der Waals surface area contributed by atoms with Gasteiger partial charge in [-0.15, -0.1) is 0 Å². The molecule has 0 fully saturated rings. The number of hydrogen-bond acceptors (Lipinski definition) is 2. The summed E-state index contributed by atoms with van der Waals surface area (Å²) in [4.78, 5) is 6.11. The maximum Gasteiger partial charge on any atom is 0.212 e. The molecule has 0 atom stereocenters. The molecule has 0 saturated heterocycles. The summed E-state index contributed by atoms with van der Waals surface area (Å²) in [6.07, 6.45) is 0. The number of guanidine groups is 1. The van der Waals surface area contributed by atoms with Gasteiger partial charge >= 0.3 is 0 Å². The molecular weight excluding hydrogens is 188 g/mol. The van der Waals surface area contributed by atoms with E-state index in [0.29, 0.717) is 5.96 Å². The van der Waals surface area contributed by atoms with Gasteiger partial charge in [-0.25, -0.2) is 5.84 Å². The Bertz CT molecular complexity index is 346. The lowest BCUT2D eigenvalue weighted by atomic mass is 10.2. The summed E-state index contributed by atoms with van der Waals surface area (Å²) in [5, 5.41) is 0. The summed E-state index contributed by atoms with van der Waals surface area (Å²) in [5.74, 6) is 6.08. The fraction of sp³-hybridized carbons (Fsp3) is 0.364. The molecule has 82 valence electrons. The second-order valence-electron chi connectivity index (χ2n) is 3.27. The zero-order valence-electron chi connectivity index (χ0n) is 9.49. The molecule has 4 nitrogen and oxygen atoms in total. The van der Waals surface area contributed by atoms with Crippen LogP contribution in [0.4, 0.5) is 5.69 Å². The van der Waals surface area contributed by atoms with Gasteiger partial charge in [-0.05, 0) is 31.5 Å². The van der Waals surface area contributed by atoms with Crippen molar-refractivity contribution in [2.45, 2.75) is 13.8 Å². The van der Waals surface area contributed by atoms with Gasteiger partial charge in [-0.3, -0.25) is 10.4 Å². The van der Waals surface area contributed by atoms with Gasteiger partial charge in [0.05, 0.1) is 0 Å². The van der Waals surface area contributed by atoms with Crippen molar-refractivity contribution in [1.82, 2.24) is 5.43 Å². The second kappa shape index (κ2) is 5.36. The zero-order valence-corrected chi connectivity index (χ0v) is 9.49. The van der Waals surface area contributed by atoms with Gasteiger partial charge in [0.15, 0.2) is 0 Å². The third-order valence-corrected chi connectivity index (χ3v) is 2.23. The molecule has 0 heterocycles. The first-order chi connectivity index (χ1) is 7.22. The van der Waals surface area contributed by atoms with Crippen molar-refractivity contribution in [1.29, 1.82) is 0 Å². The van der Waals surface area contributed by atoms with Crippen LogP contribution >= 0.6 is 0 Å². The number of nitrogens with one attached hydrogen (secondary N) is 1. The Balaban J connectivity index is 3.02. The summed E-state index contributed by atoms with van der Waals surface area (Å²) in [5.41, 5.74) is 4.91. The van der Waals surface area contributed by atoms with E-state index in [0.717, 1.165) is 12.2 Å². The van der Waals surface area contributed by atoms with Gasteiger partial charge in [-0.2, -0.15) is 0 Å². The summed E-state index contributed by atoms with van der Waals surface area (Å²) >= 11 is 0. The van der Waals surface area contributed by atoms with Crippen LogP contribution in [0, 0.1) is 6.92 Å². The molecule has 15 heavy (non-hydrogen) atoms. The van der Waals surface area contributed by atoms with Crippen LogP contribution in [-0.4, -0.2) is 19.6 Å². The van der Waals surface area contributed by atoms with Gasteiger partial charge in [0.25, 0.3) is 0 Å². The monoisotopic (exact) mass is 206 g/mol. The Hall–Kier alpha value is -1.55. The number of aliphatic imine (C=N–C) groups is 1. The first kappa shape index (κ1) is 11.5. The van der Waals surface area contributed by atoms with Gasteiger partial charge in [0, 0.05) is 19.3 Å². The van der Waals surface area contributed by atoms with E-state index in [1.54, 1.807) is 7.05 Å². The van der Waals surface area contributed by atoms with Crippen LogP contribution in [0.25, 0.3) is 0 Å². The van der Waals surface area contributed by atoms with Crippen molar-refractivity contribution in [3.05, 3.63) is 29.8 Å². The molecular formula is C11H18N4.